The van der Waals surface area contributed by atoms with Gasteiger partial charge in [0.2, 0.25) is 0 Å². The molecule has 0 spiro atoms. The van der Waals surface area contributed by atoms with Gasteiger partial charge in [0.1, 0.15) is 16.2 Å². The molecule has 4 nitrogen and oxygen atoms in total. The van der Waals surface area contributed by atoms with Crippen LogP contribution in [0.5, 0.6) is 11.5 Å². The Morgan fingerprint density at radius 1 is 0.909 bits per heavy atom. The lowest BCUT2D eigenvalue weighted by atomic mass is 9.84. The van der Waals surface area contributed by atoms with E-state index >= 15 is 0 Å². The second-order valence-corrected chi connectivity index (χ2v) is 14.0. The molecule has 3 rings (SSSR count). The highest BCUT2D eigenvalue weighted by atomic mass is 32.2. The van der Waals surface area contributed by atoms with Crippen LogP contribution in [0, 0.1) is 13.8 Å². The van der Waals surface area contributed by atoms with Gasteiger partial charge in [-0.15, -0.1) is 11.8 Å². The van der Waals surface area contributed by atoms with Gasteiger partial charge in [0.15, 0.2) is 4.32 Å². The molecule has 0 aromatic heterocycles. The average Bonchev–Trinajstić information content (AvgIpc) is 3.02. The lowest BCUT2D eigenvalue weighted by Gasteiger charge is -2.25. The standard InChI is InChI=1S/C26H36N2O2S3/c1-15-9-17(21(29)19(11-15)25(3,4)5)13-28-24(31)33-23(27-28)32-14-18-10-16(2)12-20(22(18)30)26(6,7)8/h9-12,23,27,29-30H,13-14H2,1-8H3. The van der Waals surface area contributed by atoms with Gasteiger partial charge in [-0.3, -0.25) is 5.01 Å². The lowest BCUT2D eigenvalue weighted by Crippen LogP contribution is -2.35. The first-order valence-electron chi connectivity index (χ1n) is 11.2. The van der Waals surface area contributed by atoms with Crippen molar-refractivity contribution in [2.75, 3.05) is 0 Å². The van der Waals surface area contributed by atoms with Crippen molar-refractivity contribution in [2.24, 2.45) is 0 Å². The van der Waals surface area contributed by atoms with Gasteiger partial charge in [0.05, 0.1) is 6.54 Å². The smallest absolute Gasteiger partial charge is 0.153 e. The summed E-state index contributed by atoms with van der Waals surface area (Å²) in [5, 5.41) is 23.7. The number of rotatable bonds is 5. The summed E-state index contributed by atoms with van der Waals surface area (Å²) in [7, 11) is 0. The van der Waals surface area contributed by atoms with Crippen molar-refractivity contribution in [1.82, 2.24) is 10.4 Å². The number of hydrazine groups is 1. The first-order chi connectivity index (χ1) is 15.2. The zero-order chi connectivity index (χ0) is 24.7. The van der Waals surface area contributed by atoms with Crippen LogP contribution >= 0.6 is 35.7 Å². The summed E-state index contributed by atoms with van der Waals surface area (Å²) in [6, 6.07) is 8.22. The Balaban J connectivity index is 1.72. The number of hydrogen-bond donors (Lipinski definition) is 3. The largest absolute Gasteiger partial charge is 0.507 e. The van der Waals surface area contributed by atoms with Crippen molar-refractivity contribution in [1.29, 1.82) is 0 Å². The van der Waals surface area contributed by atoms with Crippen molar-refractivity contribution >= 4 is 40.1 Å². The number of nitrogens with one attached hydrogen (secondary N) is 1. The topological polar surface area (TPSA) is 55.7 Å². The van der Waals surface area contributed by atoms with Crippen LogP contribution in [0.15, 0.2) is 24.3 Å². The molecule has 2 aromatic rings. The van der Waals surface area contributed by atoms with E-state index in [-0.39, 0.29) is 15.5 Å². The number of phenols is 2. The van der Waals surface area contributed by atoms with Gasteiger partial charge in [-0.2, -0.15) is 0 Å². The van der Waals surface area contributed by atoms with Crippen LogP contribution in [-0.4, -0.2) is 24.2 Å². The van der Waals surface area contributed by atoms with E-state index in [1.807, 2.05) is 11.1 Å². The fourth-order valence-corrected chi connectivity index (χ4v) is 6.66. The highest BCUT2D eigenvalue weighted by Crippen LogP contribution is 2.40. The van der Waals surface area contributed by atoms with E-state index in [0.717, 1.165) is 37.7 Å². The zero-order valence-electron chi connectivity index (χ0n) is 20.9. The van der Waals surface area contributed by atoms with E-state index in [4.69, 9.17) is 12.2 Å². The number of phenolic OH excluding ortho intramolecular Hbond substituents is 2. The van der Waals surface area contributed by atoms with Crippen molar-refractivity contribution in [3.05, 3.63) is 57.6 Å². The summed E-state index contributed by atoms with van der Waals surface area (Å²) < 4.78 is 0.805. The van der Waals surface area contributed by atoms with E-state index in [0.29, 0.717) is 23.8 Å². The molecule has 1 saturated heterocycles. The van der Waals surface area contributed by atoms with Gasteiger partial charge in [0.25, 0.3) is 0 Å². The molecule has 1 heterocycles. The number of aryl methyl sites for hydroxylation is 2. The van der Waals surface area contributed by atoms with Gasteiger partial charge in [-0.1, -0.05) is 101 Å². The molecule has 0 bridgehead atoms. The SMILES string of the molecule is Cc1cc(CSC2NN(Cc3cc(C)cc(C(C)(C)C)c3O)C(=S)S2)c(O)c(C(C)(C)C)c1. The van der Waals surface area contributed by atoms with Gasteiger partial charge >= 0.3 is 0 Å². The summed E-state index contributed by atoms with van der Waals surface area (Å²) in [5.41, 5.74) is 9.24. The molecule has 1 atom stereocenters. The van der Waals surface area contributed by atoms with Crippen LogP contribution in [0.2, 0.25) is 0 Å². The molecule has 0 aliphatic carbocycles. The number of thiocarbonyl (C=S) groups is 1. The van der Waals surface area contributed by atoms with E-state index in [1.165, 1.54) is 0 Å². The predicted molar refractivity (Wildman–Crippen MR) is 147 cm³/mol. The number of thioether (sulfide) groups is 2. The quantitative estimate of drug-likeness (QED) is 0.384. The summed E-state index contributed by atoms with van der Waals surface area (Å²) >= 11 is 8.94. The first-order valence-corrected chi connectivity index (χ1v) is 13.5. The van der Waals surface area contributed by atoms with Crippen LogP contribution in [0.1, 0.15) is 74.9 Å². The Morgan fingerprint density at radius 2 is 1.39 bits per heavy atom. The fourth-order valence-electron chi connectivity index (χ4n) is 3.96. The molecule has 1 unspecified atom stereocenters. The Morgan fingerprint density at radius 3 is 1.91 bits per heavy atom. The Labute approximate surface area is 212 Å². The van der Waals surface area contributed by atoms with Crippen molar-refractivity contribution in [3.63, 3.8) is 0 Å². The maximum Gasteiger partial charge on any atom is 0.153 e. The van der Waals surface area contributed by atoms with E-state index in [2.05, 4.69) is 79.0 Å². The Kier molecular flexibility index (Phi) is 7.69. The minimum atomic E-state index is -0.140. The average molecular weight is 505 g/mol. The predicted octanol–water partition coefficient (Wildman–Crippen LogP) is 6.86. The molecule has 1 aliphatic heterocycles. The number of aromatic hydroxyl groups is 2. The van der Waals surface area contributed by atoms with Gasteiger partial charge in [-0.05, 0) is 35.8 Å². The fraction of sp³-hybridized carbons (Fsp3) is 0.500. The maximum absolute atomic E-state index is 10.9. The van der Waals surface area contributed by atoms with Crippen LogP contribution in [-0.2, 0) is 23.1 Å². The molecule has 0 amide bonds. The first kappa shape index (κ1) is 26.2. The summed E-state index contributed by atoms with van der Waals surface area (Å²) in [5.74, 6) is 1.42. The Bertz CT molecular complexity index is 1050. The Hall–Kier alpha value is -1.41. The monoisotopic (exact) mass is 504 g/mol. The van der Waals surface area contributed by atoms with Gasteiger partial charge in [0, 0.05) is 16.9 Å². The molecule has 180 valence electrons. The highest BCUT2D eigenvalue weighted by Gasteiger charge is 2.30. The molecule has 1 aliphatic rings. The lowest BCUT2D eigenvalue weighted by molar-refractivity contribution is 0.330. The normalized spacial score (nSPS) is 17.2. The zero-order valence-corrected chi connectivity index (χ0v) is 23.3. The molecule has 1 fully saturated rings. The summed E-state index contributed by atoms with van der Waals surface area (Å²) in [6.45, 7) is 17.3. The second-order valence-electron chi connectivity index (χ2n) is 10.9. The minimum absolute atomic E-state index is 0.0459. The molecule has 33 heavy (non-hydrogen) atoms. The summed E-state index contributed by atoms with van der Waals surface area (Å²) in [4.78, 5) is 0. The third-order valence-corrected chi connectivity index (χ3v) is 8.52. The number of nitrogens with zero attached hydrogens (tertiary/aromatic N) is 1. The van der Waals surface area contributed by atoms with E-state index < -0.39 is 0 Å². The van der Waals surface area contributed by atoms with Crippen LogP contribution in [0.25, 0.3) is 0 Å². The number of hydrogen-bond acceptors (Lipinski definition) is 6. The van der Waals surface area contributed by atoms with Crippen molar-refractivity contribution < 1.29 is 10.2 Å². The summed E-state index contributed by atoms with van der Waals surface area (Å²) in [6.07, 6.45) is 0. The molecule has 3 N–H and O–H groups in total. The third-order valence-electron chi connectivity index (χ3n) is 5.69. The highest BCUT2D eigenvalue weighted by molar-refractivity contribution is 8.30. The van der Waals surface area contributed by atoms with Crippen LogP contribution in [0.4, 0.5) is 0 Å². The van der Waals surface area contributed by atoms with Crippen LogP contribution in [0.3, 0.4) is 0 Å². The second kappa shape index (κ2) is 9.68. The minimum Gasteiger partial charge on any atom is -0.507 e. The van der Waals surface area contributed by atoms with Crippen molar-refractivity contribution in [2.45, 2.75) is 83.2 Å². The van der Waals surface area contributed by atoms with Crippen molar-refractivity contribution in [3.8, 4) is 11.5 Å². The van der Waals surface area contributed by atoms with E-state index in [9.17, 15) is 10.2 Å². The molecule has 0 radical (unpaired) electrons. The maximum atomic E-state index is 10.9. The van der Waals surface area contributed by atoms with E-state index in [1.54, 1.807) is 23.5 Å². The molecular weight excluding hydrogens is 468 g/mol. The van der Waals surface area contributed by atoms with Gasteiger partial charge < -0.3 is 10.2 Å². The molecule has 2 aromatic carbocycles. The molecule has 7 heteroatoms. The molecular formula is C26H36N2O2S3. The third kappa shape index (κ3) is 6.18. The van der Waals surface area contributed by atoms with Gasteiger partial charge in [-0.25, -0.2) is 5.43 Å². The van der Waals surface area contributed by atoms with Crippen LogP contribution < -0.4 is 5.43 Å². The number of benzene rings is 2. The molecule has 0 saturated carbocycles.